The number of carbonyl (C=O) groups excluding carboxylic acids is 1. The summed E-state index contributed by atoms with van der Waals surface area (Å²) < 4.78 is 2.18. The molecule has 1 aromatic carbocycles. The fourth-order valence-electron chi connectivity index (χ4n) is 4.60. The molecule has 3 rings (SSSR count). The van der Waals surface area contributed by atoms with Gasteiger partial charge >= 0.3 is 0 Å². The first-order chi connectivity index (χ1) is 14.1. The van der Waals surface area contributed by atoms with Crippen LogP contribution in [0.15, 0.2) is 29.3 Å². The molecular formula is C24H32ClN3O. The Hall–Kier alpha value is -1.94. The lowest BCUT2D eigenvalue weighted by Gasteiger charge is -2.24. The maximum Gasteiger partial charge on any atom is 0.297 e. The van der Waals surface area contributed by atoms with Gasteiger partial charge in [0, 0.05) is 22.2 Å². The Labute approximate surface area is 179 Å². The second-order valence-electron chi connectivity index (χ2n) is 8.10. The second-order valence-corrected chi connectivity index (χ2v) is 8.54. The summed E-state index contributed by atoms with van der Waals surface area (Å²) in [5.74, 6) is 0.0364. The van der Waals surface area contributed by atoms with Crippen molar-refractivity contribution in [2.75, 3.05) is 0 Å². The molecule has 0 saturated carbocycles. The predicted molar refractivity (Wildman–Crippen MR) is 120 cm³/mol. The average Bonchev–Trinajstić information content (AvgIpc) is 2.97. The number of rotatable bonds is 8. The molecule has 0 spiro atoms. The largest absolute Gasteiger partial charge is 0.297 e. The quantitative estimate of drug-likeness (QED) is 0.362. The molecule has 2 unspecified atom stereocenters. The summed E-state index contributed by atoms with van der Waals surface area (Å²) >= 11 is 6.24. The smallest absolute Gasteiger partial charge is 0.265 e. The summed E-state index contributed by atoms with van der Waals surface area (Å²) in [5.41, 5.74) is 4.10. The van der Waals surface area contributed by atoms with Crippen molar-refractivity contribution < 1.29 is 4.79 Å². The molecule has 4 nitrogen and oxygen atoms in total. The van der Waals surface area contributed by atoms with Crippen LogP contribution in [-0.4, -0.2) is 22.4 Å². The molecule has 0 radical (unpaired) electrons. The summed E-state index contributed by atoms with van der Waals surface area (Å²) in [4.78, 5) is 16.2. The second kappa shape index (κ2) is 10.2. The number of unbranched alkanes of at least 4 members (excludes halogenated alkanes) is 1. The van der Waals surface area contributed by atoms with Gasteiger partial charge in [-0.3, -0.25) is 9.48 Å². The fourth-order valence-corrected chi connectivity index (χ4v) is 4.81. The molecule has 1 aliphatic carbocycles. The van der Waals surface area contributed by atoms with E-state index in [-0.39, 0.29) is 5.91 Å². The van der Waals surface area contributed by atoms with Crippen molar-refractivity contribution in [1.29, 1.82) is 0 Å². The van der Waals surface area contributed by atoms with Crippen molar-refractivity contribution >= 4 is 24.2 Å². The standard InChI is InChI=1S/C24H32ClN3O/c1-4-6-13-20(5-2)28-23-18(15-17-10-9-12-19(25)16-17)11-7-8-14-21(23)22(27-28)24(29)26-3/h9-10,12,16,18,20H,3-8,11,13-15H2,1-2H3. The highest BCUT2D eigenvalue weighted by Gasteiger charge is 2.31. The number of amides is 1. The zero-order valence-electron chi connectivity index (χ0n) is 17.7. The first-order valence-corrected chi connectivity index (χ1v) is 11.3. The van der Waals surface area contributed by atoms with Crippen molar-refractivity contribution in [3.8, 4) is 0 Å². The number of hydrogen-bond acceptors (Lipinski definition) is 2. The molecule has 1 aromatic heterocycles. The summed E-state index contributed by atoms with van der Waals surface area (Å²) in [5, 5.41) is 5.61. The van der Waals surface area contributed by atoms with Gasteiger partial charge in [-0.2, -0.15) is 5.10 Å². The van der Waals surface area contributed by atoms with Gasteiger partial charge in [0.2, 0.25) is 0 Å². The SMILES string of the molecule is C=NC(=O)c1nn(C(CC)CCCC)c2c1CCCCC2Cc1cccc(Cl)c1. The van der Waals surface area contributed by atoms with Gasteiger partial charge < -0.3 is 0 Å². The molecule has 0 fully saturated rings. The fraction of sp³-hybridized carbons (Fsp3) is 0.542. The summed E-state index contributed by atoms with van der Waals surface area (Å²) in [6.45, 7) is 7.90. The van der Waals surface area contributed by atoms with E-state index in [0.717, 1.165) is 68.4 Å². The minimum Gasteiger partial charge on any atom is -0.265 e. The zero-order valence-corrected chi connectivity index (χ0v) is 18.4. The van der Waals surface area contributed by atoms with E-state index in [0.29, 0.717) is 17.7 Å². The monoisotopic (exact) mass is 413 g/mol. The van der Waals surface area contributed by atoms with Crippen LogP contribution in [0.25, 0.3) is 0 Å². The van der Waals surface area contributed by atoms with Gasteiger partial charge in [0.1, 0.15) is 0 Å². The lowest BCUT2D eigenvalue weighted by atomic mass is 9.90. The van der Waals surface area contributed by atoms with Crippen LogP contribution < -0.4 is 0 Å². The minimum atomic E-state index is -0.297. The first-order valence-electron chi connectivity index (χ1n) is 11.0. The maximum absolute atomic E-state index is 12.5. The number of halogens is 1. The molecule has 1 amide bonds. The van der Waals surface area contributed by atoms with Crippen molar-refractivity contribution in [3.05, 3.63) is 51.8 Å². The van der Waals surface area contributed by atoms with Crippen LogP contribution >= 0.6 is 11.6 Å². The van der Waals surface area contributed by atoms with Crippen LogP contribution in [0.5, 0.6) is 0 Å². The Bertz CT molecular complexity index is 858. The van der Waals surface area contributed by atoms with Gasteiger partial charge in [0.05, 0.1) is 6.04 Å². The molecule has 29 heavy (non-hydrogen) atoms. The average molecular weight is 414 g/mol. The van der Waals surface area contributed by atoms with Gasteiger partial charge in [-0.15, -0.1) is 0 Å². The van der Waals surface area contributed by atoms with Crippen LogP contribution in [0.4, 0.5) is 0 Å². The Balaban J connectivity index is 2.08. The first kappa shape index (κ1) is 21.8. The number of aromatic nitrogens is 2. The van der Waals surface area contributed by atoms with E-state index in [1.54, 1.807) is 0 Å². The molecule has 2 aromatic rings. The maximum atomic E-state index is 12.5. The number of fused-ring (bicyclic) bond motifs is 1. The highest BCUT2D eigenvalue weighted by atomic mass is 35.5. The van der Waals surface area contributed by atoms with Crippen molar-refractivity contribution in [3.63, 3.8) is 0 Å². The van der Waals surface area contributed by atoms with Crippen molar-refractivity contribution in [1.82, 2.24) is 9.78 Å². The molecule has 2 atom stereocenters. The molecule has 0 N–H and O–H groups in total. The van der Waals surface area contributed by atoms with Gasteiger partial charge in [-0.1, -0.05) is 56.8 Å². The Morgan fingerprint density at radius 1 is 1.38 bits per heavy atom. The lowest BCUT2D eigenvalue weighted by molar-refractivity contribution is 0.0997. The molecule has 1 heterocycles. The van der Waals surface area contributed by atoms with Gasteiger partial charge in [-0.25, -0.2) is 4.99 Å². The van der Waals surface area contributed by atoms with Crippen LogP contribution in [0, 0.1) is 0 Å². The third-order valence-corrected chi connectivity index (χ3v) is 6.33. The van der Waals surface area contributed by atoms with E-state index in [1.165, 1.54) is 11.3 Å². The number of benzene rings is 1. The number of carbonyl (C=O) groups is 1. The van der Waals surface area contributed by atoms with Crippen LogP contribution in [0.3, 0.4) is 0 Å². The van der Waals surface area contributed by atoms with Gasteiger partial charge in [0.25, 0.3) is 5.91 Å². The van der Waals surface area contributed by atoms with E-state index < -0.39 is 0 Å². The Morgan fingerprint density at radius 2 is 2.21 bits per heavy atom. The minimum absolute atomic E-state index is 0.297. The number of hydrogen-bond donors (Lipinski definition) is 0. The number of aliphatic imine (C=N–C) groups is 1. The summed E-state index contributed by atoms with van der Waals surface area (Å²) in [6, 6.07) is 8.44. The van der Waals surface area contributed by atoms with E-state index in [4.69, 9.17) is 16.7 Å². The molecule has 5 heteroatoms. The molecule has 0 saturated heterocycles. The van der Waals surface area contributed by atoms with Crippen LogP contribution in [-0.2, 0) is 12.8 Å². The zero-order chi connectivity index (χ0) is 20.8. The third-order valence-electron chi connectivity index (χ3n) is 6.09. The van der Waals surface area contributed by atoms with Crippen LogP contribution in [0.2, 0.25) is 5.02 Å². The molecule has 156 valence electrons. The van der Waals surface area contributed by atoms with Gasteiger partial charge in [-0.05, 0) is 62.9 Å². The highest BCUT2D eigenvalue weighted by molar-refractivity contribution is 6.30. The molecular weight excluding hydrogens is 382 g/mol. The molecule has 1 aliphatic rings. The third kappa shape index (κ3) is 4.98. The molecule has 0 aliphatic heterocycles. The summed E-state index contributed by atoms with van der Waals surface area (Å²) in [7, 11) is 0. The topological polar surface area (TPSA) is 47.2 Å². The van der Waals surface area contributed by atoms with E-state index >= 15 is 0 Å². The number of nitrogens with zero attached hydrogens (tertiary/aromatic N) is 3. The lowest BCUT2D eigenvalue weighted by Crippen LogP contribution is -2.17. The van der Waals surface area contributed by atoms with Crippen LogP contribution in [0.1, 0.15) is 98.1 Å². The van der Waals surface area contributed by atoms with Crippen molar-refractivity contribution in [2.45, 2.75) is 83.6 Å². The summed E-state index contributed by atoms with van der Waals surface area (Å²) in [6.07, 6.45) is 9.55. The normalized spacial score (nSPS) is 17.4. The van der Waals surface area contributed by atoms with E-state index in [2.05, 4.69) is 42.4 Å². The molecule has 0 bridgehead atoms. The van der Waals surface area contributed by atoms with E-state index in [9.17, 15) is 4.79 Å². The van der Waals surface area contributed by atoms with E-state index in [1.807, 2.05) is 12.1 Å². The van der Waals surface area contributed by atoms with Crippen molar-refractivity contribution in [2.24, 2.45) is 4.99 Å². The highest BCUT2D eigenvalue weighted by Crippen LogP contribution is 2.38. The Kier molecular flexibility index (Phi) is 7.65. The predicted octanol–water partition coefficient (Wildman–Crippen LogP) is 6.57. The Morgan fingerprint density at radius 3 is 2.90 bits per heavy atom. The van der Waals surface area contributed by atoms with Gasteiger partial charge in [0.15, 0.2) is 5.69 Å².